The first-order valence-electron chi connectivity index (χ1n) is 5.41. The maximum Gasteiger partial charge on any atom is 0.278 e. The summed E-state index contributed by atoms with van der Waals surface area (Å²) < 4.78 is 10.7. The predicted molar refractivity (Wildman–Crippen MR) is 77.8 cm³/mol. The van der Waals surface area contributed by atoms with Crippen LogP contribution in [0.25, 0.3) is 0 Å². The molecule has 0 aliphatic heterocycles. The molecule has 0 unspecified atom stereocenters. The van der Waals surface area contributed by atoms with Gasteiger partial charge in [-0.15, -0.1) is 5.16 Å². The largest absolute Gasteiger partial charge is 0.497 e. The summed E-state index contributed by atoms with van der Waals surface area (Å²) in [5.74, 6) is 0.841. The van der Waals surface area contributed by atoms with Gasteiger partial charge in [0.25, 0.3) is 8.32 Å². The van der Waals surface area contributed by atoms with Crippen molar-refractivity contribution >= 4 is 30.0 Å². The monoisotopic (exact) mass is 315 g/mol. The highest BCUT2D eigenvalue weighted by atomic mass is 79.9. The predicted octanol–water partition coefficient (Wildman–Crippen LogP) is 3.65. The normalized spacial score (nSPS) is 12.4. The first kappa shape index (κ1) is 14.2. The highest BCUT2D eigenvalue weighted by Crippen LogP contribution is 2.14. The number of alkyl halides is 1. The molecular weight excluding hydrogens is 298 g/mol. The minimum absolute atomic E-state index is 0.670. The van der Waals surface area contributed by atoms with Gasteiger partial charge in [-0.1, -0.05) is 15.9 Å². The molecule has 0 saturated carbocycles. The number of hydrogen-bond donors (Lipinski definition) is 0. The Morgan fingerprint density at radius 3 is 2.24 bits per heavy atom. The van der Waals surface area contributed by atoms with E-state index in [4.69, 9.17) is 9.26 Å². The van der Waals surface area contributed by atoms with Gasteiger partial charge in [0.15, 0.2) is 0 Å². The second-order valence-corrected chi connectivity index (χ2v) is 9.57. The third-order valence-electron chi connectivity index (χ3n) is 1.98. The fourth-order valence-corrected chi connectivity index (χ4v) is 1.94. The Labute approximate surface area is 112 Å². The molecule has 3 nitrogen and oxygen atoms in total. The third kappa shape index (κ3) is 4.91. The Balaban J connectivity index is 2.85. The van der Waals surface area contributed by atoms with E-state index in [1.165, 1.54) is 0 Å². The summed E-state index contributed by atoms with van der Waals surface area (Å²) in [6.07, 6.45) is 0. The van der Waals surface area contributed by atoms with Gasteiger partial charge >= 0.3 is 0 Å². The molecule has 94 valence electrons. The van der Waals surface area contributed by atoms with Gasteiger partial charge in [0.2, 0.25) is 0 Å². The summed E-state index contributed by atoms with van der Waals surface area (Å²) >= 11 is 3.43. The lowest BCUT2D eigenvalue weighted by molar-refractivity contribution is 0.335. The second kappa shape index (κ2) is 6.21. The van der Waals surface area contributed by atoms with Crippen LogP contribution in [0, 0.1) is 0 Å². The van der Waals surface area contributed by atoms with Gasteiger partial charge in [0, 0.05) is 10.9 Å². The number of rotatable bonds is 5. The van der Waals surface area contributed by atoms with Gasteiger partial charge < -0.3 is 9.26 Å². The van der Waals surface area contributed by atoms with E-state index < -0.39 is 8.32 Å². The van der Waals surface area contributed by atoms with Gasteiger partial charge in [-0.25, -0.2) is 0 Å². The Morgan fingerprint density at radius 2 is 1.82 bits per heavy atom. The molecule has 0 aromatic heterocycles. The molecule has 1 aromatic rings. The van der Waals surface area contributed by atoms with Crippen molar-refractivity contribution < 1.29 is 9.26 Å². The molecule has 0 aliphatic rings. The molecule has 1 aromatic carbocycles. The summed E-state index contributed by atoms with van der Waals surface area (Å²) in [6.45, 7) is 6.32. The maximum absolute atomic E-state index is 5.56. The lowest BCUT2D eigenvalue weighted by Gasteiger charge is -2.14. The minimum atomic E-state index is -1.62. The fourth-order valence-electron chi connectivity index (χ4n) is 1.13. The molecule has 0 spiro atoms. The summed E-state index contributed by atoms with van der Waals surface area (Å²) in [7, 11) is 0.0356. The van der Waals surface area contributed by atoms with Gasteiger partial charge in [-0.2, -0.15) is 0 Å². The van der Waals surface area contributed by atoms with Crippen molar-refractivity contribution in [3.8, 4) is 5.75 Å². The van der Waals surface area contributed by atoms with Crippen LogP contribution in [0.1, 0.15) is 5.56 Å². The van der Waals surface area contributed by atoms with E-state index in [1.807, 2.05) is 24.3 Å². The van der Waals surface area contributed by atoms with E-state index in [2.05, 4.69) is 40.7 Å². The second-order valence-electron chi connectivity index (χ2n) is 4.60. The van der Waals surface area contributed by atoms with Crippen molar-refractivity contribution in [2.24, 2.45) is 5.16 Å². The zero-order chi connectivity index (χ0) is 12.9. The average Bonchev–Trinajstić information content (AvgIpc) is 2.29. The van der Waals surface area contributed by atoms with Crippen molar-refractivity contribution in [1.82, 2.24) is 0 Å². The molecule has 0 fully saturated rings. The molecular formula is C12H18BrNO2Si. The van der Waals surface area contributed by atoms with Crippen molar-refractivity contribution in [1.29, 1.82) is 0 Å². The molecule has 0 amide bonds. The van der Waals surface area contributed by atoms with E-state index >= 15 is 0 Å². The van der Waals surface area contributed by atoms with E-state index in [1.54, 1.807) is 7.11 Å². The zero-order valence-electron chi connectivity index (χ0n) is 10.7. The maximum atomic E-state index is 5.56. The highest BCUT2D eigenvalue weighted by molar-refractivity contribution is 9.09. The Kier molecular flexibility index (Phi) is 5.20. The van der Waals surface area contributed by atoms with Crippen LogP contribution in [-0.4, -0.2) is 26.5 Å². The van der Waals surface area contributed by atoms with Crippen LogP contribution in [0.2, 0.25) is 19.6 Å². The summed E-state index contributed by atoms with van der Waals surface area (Å²) in [6, 6.07) is 7.79. The van der Waals surface area contributed by atoms with Crippen LogP contribution in [-0.2, 0) is 4.53 Å². The van der Waals surface area contributed by atoms with Crippen LogP contribution in [0.4, 0.5) is 0 Å². The van der Waals surface area contributed by atoms with Gasteiger partial charge in [-0.05, 0) is 43.9 Å². The molecule has 0 heterocycles. The molecule has 0 atom stereocenters. The molecule has 0 radical (unpaired) electrons. The van der Waals surface area contributed by atoms with E-state index in [9.17, 15) is 0 Å². The first-order chi connectivity index (χ1) is 7.96. The number of methoxy groups -OCH3 is 1. The Morgan fingerprint density at radius 1 is 1.24 bits per heavy atom. The first-order valence-corrected chi connectivity index (χ1v) is 9.94. The smallest absolute Gasteiger partial charge is 0.278 e. The van der Waals surface area contributed by atoms with Crippen LogP contribution in [0.15, 0.2) is 29.4 Å². The number of nitrogens with zero attached hydrogens (tertiary/aromatic N) is 1. The van der Waals surface area contributed by atoms with Gasteiger partial charge in [0.1, 0.15) is 5.75 Å². The number of oxime groups is 1. The van der Waals surface area contributed by atoms with Crippen molar-refractivity contribution in [3.63, 3.8) is 0 Å². The molecule has 5 heteroatoms. The topological polar surface area (TPSA) is 30.8 Å². The van der Waals surface area contributed by atoms with E-state index in [0.717, 1.165) is 17.0 Å². The molecule has 0 aliphatic carbocycles. The van der Waals surface area contributed by atoms with Crippen LogP contribution < -0.4 is 4.74 Å². The lowest BCUT2D eigenvalue weighted by Crippen LogP contribution is -2.23. The van der Waals surface area contributed by atoms with Crippen molar-refractivity contribution in [2.45, 2.75) is 19.6 Å². The average molecular weight is 316 g/mol. The van der Waals surface area contributed by atoms with Crippen LogP contribution >= 0.6 is 15.9 Å². The quantitative estimate of drug-likeness (QED) is 0.359. The zero-order valence-corrected chi connectivity index (χ0v) is 13.2. The summed E-state index contributed by atoms with van der Waals surface area (Å²) in [4.78, 5) is 0. The number of hydrogen-bond acceptors (Lipinski definition) is 3. The van der Waals surface area contributed by atoms with Crippen LogP contribution in [0.3, 0.4) is 0 Å². The minimum Gasteiger partial charge on any atom is -0.497 e. The molecule has 0 bridgehead atoms. The lowest BCUT2D eigenvalue weighted by atomic mass is 10.1. The highest BCUT2D eigenvalue weighted by Gasteiger charge is 2.16. The number of ether oxygens (including phenoxy) is 1. The van der Waals surface area contributed by atoms with E-state index in [0.29, 0.717) is 5.33 Å². The number of benzene rings is 1. The fraction of sp³-hybridized carbons (Fsp3) is 0.417. The van der Waals surface area contributed by atoms with Crippen molar-refractivity contribution in [2.75, 3.05) is 12.4 Å². The molecule has 0 N–H and O–H groups in total. The van der Waals surface area contributed by atoms with E-state index in [-0.39, 0.29) is 0 Å². The Hall–Kier alpha value is -0.813. The van der Waals surface area contributed by atoms with Gasteiger partial charge in [0.05, 0.1) is 12.8 Å². The molecule has 17 heavy (non-hydrogen) atoms. The summed E-state index contributed by atoms with van der Waals surface area (Å²) in [5, 5.41) is 4.90. The summed E-state index contributed by atoms with van der Waals surface area (Å²) in [5.41, 5.74) is 1.94. The van der Waals surface area contributed by atoms with Crippen LogP contribution in [0.5, 0.6) is 5.75 Å². The van der Waals surface area contributed by atoms with Gasteiger partial charge in [-0.3, -0.25) is 0 Å². The SMILES string of the molecule is COc1ccc(/C(CBr)=N/O[Si](C)(C)C)cc1. The standard InChI is InChI=1S/C12H18BrNO2Si/c1-15-11-7-5-10(6-8-11)12(9-13)14-16-17(2,3)4/h5-8H,9H2,1-4H3/b14-12+. The number of halogens is 1. The van der Waals surface area contributed by atoms with Crippen molar-refractivity contribution in [3.05, 3.63) is 29.8 Å². The molecule has 0 saturated heterocycles. The third-order valence-corrected chi connectivity index (χ3v) is 3.15. The Bertz CT molecular complexity index is 384. The molecule has 1 rings (SSSR count).